The fourth-order valence-electron chi connectivity index (χ4n) is 2.66. The molecule has 0 aliphatic heterocycles. The zero-order chi connectivity index (χ0) is 18.1. The van der Waals surface area contributed by atoms with Crippen LogP contribution in [0.5, 0.6) is 17.2 Å². The molecule has 0 atom stereocenters. The second-order valence-electron chi connectivity index (χ2n) is 5.25. The Morgan fingerprint density at radius 2 is 1.52 bits per heavy atom. The molecule has 0 amide bonds. The van der Waals surface area contributed by atoms with Gasteiger partial charge in [-0.1, -0.05) is 0 Å². The van der Waals surface area contributed by atoms with E-state index in [1.54, 1.807) is 24.3 Å². The molecule has 130 valence electrons. The maximum absolute atomic E-state index is 12.9. The Bertz CT molecular complexity index is 959. The van der Waals surface area contributed by atoms with Crippen molar-refractivity contribution in [2.45, 2.75) is 0 Å². The van der Waals surface area contributed by atoms with Crippen molar-refractivity contribution in [1.82, 2.24) is 0 Å². The third-order valence-electron chi connectivity index (χ3n) is 3.94. The first-order valence-electron chi connectivity index (χ1n) is 7.36. The molecule has 8 heteroatoms. The highest BCUT2D eigenvalue weighted by Gasteiger charge is 2.27. The van der Waals surface area contributed by atoms with Crippen molar-refractivity contribution in [3.8, 4) is 28.5 Å². The third-order valence-corrected chi connectivity index (χ3v) is 3.94. The van der Waals surface area contributed by atoms with Crippen molar-refractivity contribution < 1.29 is 23.7 Å². The number of aromatic nitrogens is 2. The molecule has 25 heavy (non-hydrogen) atoms. The number of methoxy groups -OCH3 is 3. The molecule has 0 saturated carbocycles. The predicted molar refractivity (Wildman–Crippen MR) is 91.4 cm³/mol. The van der Waals surface area contributed by atoms with Gasteiger partial charge < -0.3 is 24.6 Å². The molecule has 0 bridgehead atoms. The smallest absolute Gasteiger partial charge is 0.351 e. The lowest BCUT2D eigenvalue weighted by Gasteiger charge is -2.15. The van der Waals surface area contributed by atoms with Gasteiger partial charge in [0.1, 0.15) is 5.75 Å². The molecule has 2 N–H and O–H groups in total. The van der Waals surface area contributed by atoms with Crippen LogP contribution >= 0.6 is 0 Å². The fraction of sp³-hybridized carbons (Fsp3) is 0.176. The number of hydrogen-bond donors (Lipinski definition) is 1. The summed E-state index contributed by atoms with van der Waals surface area (Å²) < 4.78 is 16.7. The summed E-state index contributed by atoms with van der Waals surface area (Å²) in [5, 5.41) is 25.4. The molecule has 1 heterocycles. The number of rotatable bonds is 4. The zero-order valence-electron chi connectivity index (χ0n) is 14.0. The molecule has 0 spiro atoms. The number of anilines is 1. The van der Waals surface area contributed by atoms with Gasteiger partial charge >= 0.3 is 11.5 Å². The van der Waals surface area contributed by atoms with Crippen molar-refractivity contribution in [3.05, 3.63) is 46.8 Å². The SMILES string of the molecule is COc1ccc2c(c1)[n+]([O-])c(-c1ccc(OC)c(OC)c1)c(N)[n+]2[O-]. The van der Waals surface area contributed by atoms with Crippen LogP contribution in [0.25, 0.3) is 22.3 Å². The molecule has 1 aromatic heterocycles. The number of fused-ring (bicyclic) bond motifs is 1. The lowest BCUT2D eigenvalue weighted by atomic mass is 10.1. The van der Waals surface area contributed by atoms with Gasteiger partial charge in [0.05, 0.1) is 33.0 Å². The molecule has 0 fully saturated rings. The average Bonchev–Trinajstić information content (AvgIpc) is 2.65. The standard InChI is InChI=1S/C17H17N3O5/c1-23-11-5-6-12-13(9-11)19(21)16(17(18)20(12)22)10-4-7-14(24-2)15(8-10)25-3/h4-9H,18H2,1-3H3. The molecule has 0 radical (unpaired) electrons. The first-order valence-corrected chi connectivity index (χ1v) is 7.36. The van der Waals surface area contributed by atoms with E-state index in [-0.39, 0.29) is 22.5 Å². The number of nitrogens with zero attached hydrogens (tertiary/aromatic N) is 2. The maximum atomic E-state index is 12.9. The number of hydrogen-bond acceptors (Lipinski definition) is 6. The molecule has 0 unspecified atom stereocenters. The minimum atomic E-state index is -0.208. The van der Waals surface area contributed by atoms with Crippen LogP contribution in [0.3, 0.4) is 0 Å². The van der Waals surface area contributed by atoms with Crippen LogP contribution in [-0.4, -0.2) is 21.3 Å². The second-order valence-corrected chi connectivity index (χ2v) is 5.25. The summed E-state index contributed by atoms with van der Waals surface area (Å²) in [5.41, 5.74) is 6.69. The van der Waals surface area contributed by atoms with Crippen LogP contribution in [0.2, 0.25) is 0 Å². The third kappa shape index (κ3) is 2.57. The zero-order valence-corrected chi connectivity index (χ0v) is 14.0. The van der Waals surface area contributed by atoms with Crippen molar-refractivity contribution in [2.24, 2.45) is 0 Å². The van der Waals surface area contributed by atoms with Gasteiger partial charge in [-0.3, -0.25) is 5.73 Å². The monoisotopic (exact) mass is 343 g/mol. The lowest BCUT2D eigenvalue weighted by molar-refractivity contribution is -0.609. The van der Waals surface area contributed by atoms with Crippen LogP contribution in [-0.2, 0) is 0 Å². The van der Waals surface area contributed by atoms with Gasteiger partial charge in [-0.05, 0) is 30.3 Å². The molecule has 0 saturated heterocycles. The Hall–Kier alpha value is -3.42. The van der Waals surface area contributed by atoms with E-state index < -0.39 is 0 Å². The van der Waals surface area contributed by atoms with E-state index >= 15 is 0 Å². The predicted octanol–water partition coefficient (Wildman–Crippen LogP) is 1.38. The van der Waals surface area contributed by atoms with Gasteiger partial charge in [0, 0.05) is 0 Å². The summed E-state index contributed by atoms with van der Waals surface area (Å²) in [5.74, 6) is 1.17. The molecule has 0 aliphatic rings. The molecule has 0 aliphatic carbocycles. The summed E-state index contributed by atoms with van der Waals surface area (Å²) in [6.45, 7) is 0. The van der Waals surface area contributed by atoms with E-state index in [4.69, 9.17) is 19.9 Å². The van der Waals surface area contributed by atoms with E-state index in [9.17, 15) is 10.4 Å². The van der Waals surface area contributed by atoms with Crippen molar-refractivity contribution in [2.75, 3.05) is 27.1 Å². The Morgan fingerprint density at radius 1 is 0.800 bits per heavy atom. The summed E-state index contributed by atoms with van der Waals surface area (Å²) >= 11 is 0. The first-order chi connectivity index (χ1) is 12.0. The van der Waals surface area contributed by atoms with Crippen LogP contribution in [0.15, 0.2) is 36.4 Å². The van der Waals surface area contributed by atoms with Crippen molar-refractivity contribution >= 4 is 16.9 Å². The molecular formula is C17H17N3O5. The van der Waals surface area contributed by atoms with Gasteiger partial charge in [0.2, 0.25) is 5.52 Å². The Kier molecular flexibility index (Phi) is 4.10. The number of benzene rings is 2. The Morgan fingerprint density at radius 3 is 2.16 bits per heavy atom. The van der Waals surface area contributed by atoms with Crippen LogP contribution in [0.1, 0.15) is 0 Å². The van der Waals surface area contributed by atoms with E-state index in [1.807, 2.05) is 0 Å². The first kappa shape index (κ1) is 16.4. The quantitative estimate of drug-likeness (QED) is 0.566. The van der Waals surface area contributed by atoms with Gasteiger partial charge in [0.15, 0.2) is 11.5 Å². The largest absolute Gasteiger partial charge is 0.710 e. The Labute approximate surface area is 143 Å². The normalized spacial score (nSPS) is 10.7. The molecular weight excluding hydrogens is 326 g/mol. The van der Waals surface area contributed by atoms with E-state index in [1.165, 1.54) is 33.5 Å². The molecule has 3 aromatic rings. The lowest BCUT2D eigenvalue weighted by Crippen LogP contribution is -2.42. The maximum Gasteiger partial charge on any atom is 0.351 e. The number of ether oxygens (including phenoxy) is 3. The summed E-state index contributed by atoms with van der Waals surface area (Å²) in [6, 6.07) is 9.42. The van der Waals surface area contributed by atoms with Gasteiger partial charge in [-0.2, -0.15) is 4.73 Å². The van der Waals surface area contributed by atoms with Gasteiger partial charge in [-0.25, -0.2) is 4.73 Å². The van der Waals surface area contributed by atoms with Gasteiger partial charge in [-0.15, -0.1) is 0 Å². The second kappa shape index (κ2) is 6.23. The Balaban J connectivity index is 2.32. The summed E-state index contributed by atoms with van der Waals surface area (Å²) in [7, 11) is 4.47. The van der Waals surface area contributed by atoms with Crippen LogP contribution in [0, 0.1) is 10.4 Å². The summed E-state index contributed by atoms with van der Waals surface area (Å²) in [4.78, 5) is 0. The summed E-state index contributed by atoms with van der Waals surface area (Å²) in [6.07, 6.45) is 0. The van der Waals surface area contributed by atoms with Gasteiger partial charge in [0.25, 0.3) is 5.52 Å². The highest BCUT2D eigenvalue weighted by atomic mass is 16.5. The number of nitrogens with two attached hydrogens (primary N) is 1. The van der Waals surface area contributed by atoms with Crippen molar-refractivity contribution in [1.29, 1.82) is 0 Å². The van der Waals surface area contributed by atoms with E-state index in [2.05, 4.69) is 0 Å². The topological polar surface area (TPSA) is 108 Å². The minimum Gasteiger partial charge on any atom is -0.710 e. The average molecular weight is 343 g/mol. The van der Waals surface area contributed by atoms with Crippen LogP contribution < -0.4 is 29.4 Å². The fourth-order valence-corrected chi connectivity index (χ4v) is 2.66. The molecule has 8 nitrogen and oxygen atoms in total. The van der Waals surface area contributed by atoms with E-state index in [0.29, 0.717) is 32.3 Å². The number of nitrogen functional groups attached to an aromatic ring is 1. The van der Waals surface area contributed by atoms with Crippen LogP contribution in [0.4, 0.5) is 5.82 Å². The highest BCUT2D eigenvalue weighted by Crippen LogP contribution is 2.33. The van der Waals surface area contributed by atoms with E-state index in [0.717, 1.165) is 0 Å². The van der Waals surface area contributed by atoms with Crippen molar-refractivity contribution in [3.63, 3.8) is 0 Å². The molecule has 2 aromatic carbocycles. The minimum absolute atomic E-state index is 0.0247. The highest BCUT2D eigenvalue weighted by molar-refractivity contribution is 5.76. The molecule has 3 rings (SSSR count).